The van der Waals surface area contributed by atoms with Crippen LogP contribution in [0.4, 0.5) is 0 Å². The van der Waals surface area contributed by atoms with Crippen LogP contribution in [-0.2, 0) is 20.9 Å². The number of hydrogen-bond acceptors (Lipinski definition) is 3. The summed E-state index contributed by atoms with van der Waals surface area (Å²) in [6.45, 7) is 4.47. The zero-order chi connectivity index (χ0) is 13.7. The number of ether oxygens (including phenoxy) is 1. The van der Waals surface area contributed by atoms with Gasteiger partial charge in [0.15, 0.2) is 6.10 Å². The molecule has 0 spiro atoms. The van der Waals surface area contributed by atoms with Crippen LogP contribution in [-0.4, -0.2) is 35.8 Å². The summed E-state index contributed by atoms with van der Waals surface area (Å²) < 4.78 is 5.54. The number of likely N-dealkylation sites (tertiary alicyclic amines) is 1. The summed E-state index contributed by atoms with van der Waals surface area (Å²) in [7, 11) is 0. The number of nitrogens with zero attached hydrogens (tertiary/aromatic N) is 1. The lowest BCUT2D eigenvalue weighted by molar-refractivity contribution is -0.176. The molecule has 2 atom stereocenters. The molecule has 100 valence electrons. The summed E-state index contributed by atoms with van der Waals surface area (Å²) in [5.74, 6) is -0.116. The van der Waals surface area contributed by atoms with E-state index in [1.165, 1.54) is 4.90 Å². The number of aldehydes is 1. The lowest BCUT2D eigenvalue weighted by Crippen LogP contribution is -2.66. The van der Waals surface area contributed by atoms with Gasteiger partial charge in [0.1, 0.15) is 12.3 Å². The normalized spacial score (nSPS) is 21.9. The summed E-state index contributed by atoms with van der Waals surface area (Å²) in [5.41, 5.74) is 0.990. The van der Waals surface area contributed by atoms with Crippen LogP contribution in [0.1, 0.15) is 12.0 Å². The quantitative estimate of drug-likeness (QED) is 0.424. The van der Waals surface area contributed by atoms with Crippen molar-refractivity contribution in [2.45, 2.75) is 25.2 Å². The molecular formula is C15H17NO3. The third-order valence-corrected chi connectivity index (χ3v) is 3.18. The summed E-state index contributed by atoms with van der Waals surface area (Å²) in [4.78, 5) is 24.4. The van der Waals surface area contributed by atoms with Crippen molar-refractivity contribution in [3.8, 4) is 0 Å². The van der Waals surface area contributed by atoms with Gasteiger partial charge in [0.25, 0.3) is 5.91 Å². The second-order valence-corrected chi connectivity index (χ2v) is 4.45. The summed E-state index contributed by atoms with van der Waals surface area (Å²) in [6, 6.07) is 9.13. The van der Waals surface area contributed by atoms with Crippen LogP contribution in [0.2, 0.25) is 0 Å². The number of hydrogen-bond donors (Lipinski definition) is 0. The Morgan fingerprint density at radius 1 is 1.32 bits per heavy atom. The zero-order valence-electron chi connectivity index (χ0n) is 10.7. The Bertz CT molecular complexity index is 458. The number of benzene rings is 1. The molecule has 1 heterocycles. The molecule has 4 nitrogen and oxygen atoms in total. The molecule has 0 radical (unpaired) electrons. The highest BCUT2D eigenvalue weighted by Crippen LogP contribution is 2.23. The van der Waals surface area contributed by atoms with Crippen LogP contribution < -0.4 is 0 Å². The molecule has 0 aromatic heterocycles. The van der Waals surface area contributed by atoms with Crippen LogP contribution in [0.3, 0.4) is 0 Å². The first kappa shape index (κ1) is 13.5. The fourth-order valence-electron chi connectivity index (χ4n) is 2.10. The zero-order valence-corrected chi connectivity index (χ0v) is 10.7. The van der Waals surface area contributed by atoms with Gasteiger partial charge in [-0.2, -0.15) is 0 Å². The summed E-state index contributed by atoms with van der Waals surface area (Å²) in [6.07, 6.45) is 2.55. The van der Waals surface area contributed by atoms with Gasteiger partial charge in [-0.1, -0.05) is 36.4 Å². The minimum Gasteiger partial charge on any atom is -0.361 e. The van der Waals surface area contributed by atoms with Crippen molar-refractivity contribution in [3.63, 3.8) is 0 Å². The molecule has 1 aromatic rings. The predicted octanol–water partition coefficient (Wildman–Crippen LogP) is 1.56. The second-order valence-electron chi connectivity index (χ2n) is 4.45. The molecule has 0 bridgehead atoms. The first-order chi connectivity index (χ1) is 9.27. The number of carbonyl (C=O) groups is 2. The first-order valence-electron chi connectivity index (χ1n) is 6.30. The van der Waals surface area contributed by atoms with Crippen molar-refractivity contribution >= 4 is 12.2 Å². The Labute approximate surface area is 112 Å². The van der Waals surface area contributed by atoms with E-state index in [9.17, 15) is 9.59 Å². The van der Waals surface area contributed by atoms with Gasteiger partial charge in [-0.25, -0.2) is 0 Å². The highest BCUT2D eigenvalue weighted by Gasteiger charge is 2.47. The Hall–Kier alpha value is -1.94. The molecule has 1 amide bonds. The van der Waals surface area contributed by atoms with Gasteiger partial charge >= 0.3 is 0 Å². The Kier molecular flexibility index (Phi) is 4.47. The van der Waals surface area contributed by atoms with E-state index >= 15 is 0 Å². The smallest absolute Gasteiger partial charge is 0.255 e. The fourth-order valence-corrected chi connectivity index (χ4v) is 2.10. The van der Waals surface area contributed by atoms with Gasteiger partial charge in [-0.15, -0.1) is 6.58 Å². The van der Waals surface area contributed by atoms with E-state index in [1.54, 1.807) is 6.08 Å². The molecular weight excluding hydrogens is 242 g/mol. The van der Waals surface area contributed by atoms with Crippen molar-refractivity contribution in [2.75, 3.05) is 6.54 Å². The molecule has 0 aliphatic carbocycles. The standard InChI is InChI=1S/C15H17NO3/c1-2-3-9-16-13(10-17)14(15(16)18)19-11-12-7-5-4-6-8-12/h2,4-8,10,13-14H,1,3,9,11H2/t13-,14-/m1/s1. The van der Waals surface area contributed by atoms with Crippen LogP contribution in [0, 0.1) is 0 Å². The minimum atomic E-state index is -0.637. The van der Waals surface area contributed by atoms with Gasteiger partial charge in [-0.05, 0) is 12.0 Å². The maximum Gasteiger partial charge on any atom is 0.255 e. The molecule has 0 saturated carbocycles. The van der Waals surface area contributed by atoms with Gasteiger partial charge in [0.2, 0.25) is 0 Å². The van der Waals surface area contributed by atoms with Crippen molar-refractivity contribution in [1.29, 1.82) is 0 Å². The first-order valence-corrected chi connectivity index (χ1v) is 6.30. The topological polar surface area (TPSA) is 46.6 Å². The molecule has 4 heteroatoms. The van der Waals surface area contributed by atoms with Gasteiger partial charge in [0.05, 0.1) is 6.61 Å². The average Bonchev–Trinajstić information content (AvgIpc) is 2.45. The Morgan fingerprint density at radius 2 is 2.05 bits per heavy atom. The molecule has 1 aromatic carbocycles. The summed E-state index contributed by atoms with van der Waals surface area (Å²) >= 11 is 0. The minimum absolute atomic E-state index is 0.116. The molecule has 1 fully saturated rings. The molecule has 0 N–H and O–H groups in total. The number of carbonyl (C=O) groups excluding carboxylic acids is 2. The van der Waals surface area contributed by atoms with E-state index in [4.69, 9.17) is 4.74 Å². The van der Waals surface area contributed by atoms with Crippen molar-refractivity contribution in [1.82, 2.24) is 4.90 Å². The van der Waals surface area contributed by atoms with E-state index in [-0.39, 0.29) is 5.91 Å². The predicted molar refractivity (Wildman–Crippen MR) is 71.4 cm³/mol. The summed E-state index contributed by atoms with van der Waals surface area (Å²) in [5, 5.41) is 0. The molecule has 1 saturated heterocycles. The molecule has 1 aliphatic heterocycles. The third kappa shape index (κ3) is 2.90. The van der Waals surface area contributed by atoms with E-state index in [1.807, 2.05) is 30.3 Å². The van der Waals surface area contributed by atoms with E-state index < -0.39 is 12.1 Å². The lowest BCUT2D eigenvalue weighted by atomic mass is 9.99. The van der Waals surface area contributed by atoms with Gasteiger partial charge in [0, 0.05) is 6.54 Å². The van der Waals surface area contributed by atoms with Crippen LogP contribution in [0.25, 0.3) is 0 Å². The maximum absolute atomic E-state index is 11.9. The van der Waals surface area contributed by atoms with Crippen molar-refractivity contribution in [3.05, 3.63) is 48.6 Å². The number of rotatable bonds is 7. The highest BCUT2D eigenvalue weighted by molar-refractivity contribution is 5.95. The largest absolute Gasteiger partial charge is 0.361 e. The van der Waals surface area contributed by atoms with E-state index in [0.29, 0.717) is 19.6 Å². The van der Waals surface area contributed by atoms with Gasteiger partial charge < -0.3 is 14.4 Å². The third-order valence-electron chi connectivity index (χ3n) is 3.18. The molecule has 2 rings (SSSR count). The Balaban J connectivity index is 1.89. The molecule has 0 unspecified atom stereocenters. The van der Waals surface area contributed by atoms with Gasteiger partial charge in [-0.3, -0.25) is 4.79 Å². The average molecular weight is 259 g/mol. The number of amides is 1. The SMILES string of the molecule is C=CCCN1C(=O)[C@H](OCc2ccccc2)[C@H]1C=O. The van der Waals surface area contributed by atoms with Crippen molar-refractivity contribution < 1.29 is 14.3 Å². The molecule has 19 heavy (non-hydrogen) atoms. The fraction of sp³-hybridized carbons (Fsp3) is 0.333. The second kappa shape index (κ2) is 6.29. The van der Waals surface area contributed by atoms with Crippen molar-refractivity contribution in [2.24, 2.45) is 0 Å². The lowest BCUT2D eigenvalue weighted by Gasteiger charge is -2.43. The highest BCUT2D eigenvalue weighted by atomic mass is 16.5. The number of β-lactam (4-membered cyclic amide) rings is 1. The Morgan fingerprint density at radius 3 is 2.68 bits per heavy atom. The monoisotopic (exact) mass is 259 g/mol. The maximum atomic E-state index is 11.9. The molecule has 1 aliphatic rings. The van der Waals surface area contributed by atoms with E-state index in [0.717, 1.165) is 11.8 Å². The van der Waals surface area contributed by atoms with Crippen LogP contribution >= 0.6 is 0 Å². The van der Waals surface area contributed by atoms with E-state index in [2.05, 4.69) is 6.58 Å². The van der Waals surface area contributed by atoms with Crippen LogP contribution in [0.5, 0.6) is 0 Å². The van der Waals surface area contributed by atoms with Crippen LogP contribution in [0.15, 0.2) is 43.0 Å².